The number of carboxylic acid groups (broad SMARTS) is 1. The lowest BCUT2D eigenvalue weighted by molar-refractivity contribution is -0.139. The molecule has 108 valence electrons. The summed E-state index contributed by atoms with van der Waals surface area (Å²) >= 11 is 3.43. The van der Waals surface area contributed by atoms with E-state index in [0.29, 0.717) is 13.0 Å². The molecule has 5 heteroatoms. The first-order chi connectivity index (χ1) is 8.84. The van der Waals surface area contributed by atoms with Crippen LogP contribution in [0.2, 0.25) is 0 Å². The monoisotopic (exact) mass is 301 g/mol. The Morgan fingerprint density at radius 1 is 1.47 bits per heavy atom. The Bertz CT molecular complexity index is 410. The number of thioether (sulfide) groups is 1. The molecule has 0 bridgehead atoms. The van der Waals surface area contributed by atoms with Crippen molar-refractivity contribution in [1.82, 2.24) is 5.32 Å². The van der Waals surface area contributed by atoms with Crippen LogP contribution in [-0.4, -0.2) is 29.1 Å². The maximum atomic E-state index is 11.1. The Kier molecular flexibility index (Phi) is 6.36. The minimum absolute atomic E-state index is 0.161. The van der Waals surface area contributed by atoms with Crippen molar-refractivity contribution in [2.75, 3.05) is 12.0 Å². The lowest BCUT2D eigenvalue weighted by Crippen LogP contribution is -2.36. The van der Waals surface area contributed by atoms with Gasteiger partial charge in [-0.15, -0.1) is 11.3 Å². The quantitative estimate of drug-likeness (QED) is 0.811. The van der Waals surface area contributed by atoms with Crippen molar-refractivity contribution in [1.29, 1.82) is 0 Å². The molecule has 1 rings (SSSR count). The first-order valence-corrected chi connectivity index (χ1v) is 8.60. The first kappa shape index (κ1) is 16.5. The van der Waals surface area contributed by atoms with Crippen LogP contribution in [0.15, 0.2) is 12.1 Å². The van der Waals surface area contributed by atoms with E-state index in [9.17, 15) is 4.79 Å². The molecule has 1 atom stereocenters. The first-order valence-electron chi connectivity index (χ1n) is 6.39. The molecule has 0 unspecified atom stereocenters. The van der Waals surface area contributed by atoms with Gasteiger partial charge in [-0.2, -0.15) is 11.8 Å². The molecule has 1 aromatic heterocycles. The standard InChI is InChI=1S/C14H23NO2S2/c1-14(2,3)12-6-5-10(19-12)9-15-11(13(16)17)7-8-18-4/h5-6,11,15H,7-9H2,1-4H3,(H,16,17)/t11-/m1/s1. The summed E-state index contributed by atoms with van der Waals surface area (Å²) < 4.78 is 0. The summed E-state index contributed by atoms with van der Waals surface area (Å²) in [6, 6.07) is 3.78. The van der Waals surface area contributed by atoms with Gasteiger partial charge in [0.05, 0.1) is 0 Å². The summed E-state index contributed by atoms with van der Waals surface area (Å²) in [7, 11) is 0. The van der Waals surface area contributed by atoms with Crippen LogP contribution in [0.3, 0.4) is 0 Å². The Balaban J connectivity index is 2.54. The van der Waals surface area contributed by atoms with E-state index in [-0.39, 0.29) is 5.41 Å². The van der Waals surface area contributed by atoms with Gasteiger partial charge in [-0.3, -0.25) is 10.1 Å². The maximum Gasteiger partial charge on any atom is 0.320 e. The van der Waals surface area contributed by atoms with Gasteiger partial charge >= 0.3 is 5.97 Å². The van der Waals surface area contributed by atoms with E-state index in [0.717, 1.165) is 5.75 Å². The molecule has 0 fully saturated rings. The third kappa shape index (κ3) is 5.55. The molecule has 0 aliphatic heterocycles. The smallest absolute Gasteiger partial charge is 0.320 e. The molecular formula is C14H23NO2S2. The Labute approximate surface area is 123 Å². The number of aliphatic carboxylic acids is 1. The summed E-state index contributed by atoms with van der Waals surface area (Å²) in [5.41, 5.74) is 0.161. The van der Waals surface area contributed by atoms with Gasteiger partial charge < -0.3 is 5.11 Å². The Morgan fingerprint density at radius 2 is 2.16 bits per heavy atom. The van der Waals surface area contributed by atoms with Crippen LogP contribution < -0.4 is 5.32 Å². The summed E-state index contributed by atoms with van der Waals surface area (Å²) in [5.74, 6) is 0.100. The highest BCUT2D eigenvalue weighted by molar-refractivity contribution is 7.98. The number of hydrogen-bond donors (Lipinski definition) is 2. The fourth-order valence-corrected chi connectivity index (χ4v) is 3.14. The normalized spacial score (nSPS) is 13.5. The van der Waals surface area contributed by atoms with Crippen molar-refractivity contribution >= 4 is 29.1 Å². The summed E-state index contributed by atoms with van der Waals surface area (Å²) in [6.07, 6.45) is 2.65. The molecule has 0 aromatic carbocycles. The molecular weight excluding hydrogens is 278 g/mol. The fourth-order valence-electron chi connectivity index (χ4n) is 1.65. The van der Waals surface area contributed by atoms with E-state index in [2.05, 4.69) is 38.2 Å². The number of carbonyl (C=O) groups is 1. The van der Waals surface area contributed by atoms with E-state index in [1.807, 2.05) is 6.26 Å². The van der Waals surface area contributed by atoms with Gasteiger partial charge in [-0.1, -0.05) is 20.8 Å². The molecule has 1 aromatic rings. The zero-order valence-electron chi connectivity index (χ0n) is 12.0. The molecule has 0 aliphatic rings. The maximum absolute atomic E-state index is 11.1. The number of hydrogen-bond acceptors (Lipinski definition) is 4. The number of thiophene rings is 1. The molecule has 0 amide bonds. The molecule has 19 heavy (non-hydrogen) atoms. The van der Waals surface area contributed by atoms with Crippen LogP contribution in [0, 0.1) is 0 Å². The zero-order chi connectivity index (χ0) is 14.5. The zero-order valence-corrected chi connectivity index (χ0v) is 13.7. The average Bonchev–Trinajstić information content (AvgIpc) is 2.77. The van der Waals surface area contributed by atoms with Crippen LogP contribution in [0.5, 0.6) is 0 Å². The number of carboxylic acids is 1. The Morgan fingerprint density at radius 3 is 2.63 bits per heavy atom. The van der Waals surface area contributed by atoms with Crippen LogP contribution in [-0.2, 0) is 16.8 Å². The third-order valence-electron chi connectivity index (χ3n) is 2.83. The van der Waals surface area contributed by atoms with Gasteiger partial charge in [0, 0.05) is 16.3 Å². The van der Waals surface area contributed by atoms with Crippen molar-refractivity contribution in [3.05, 3.63) is 21.9 Å². The van der Waals surface area contributed by atoms with E-state index < -0.39 is 12.0 Å². The second-order valence-electron chi connectivity index (χ2n) is 5.57. The highest BCUT2D eigenvalue weighted by Gasteiger charge is 2.18. The van der Waals surface area contributed by atoms with Gasteiger partial charge in [0.25, 0.3) is 0 Å². The molecule has 3 nitrogen and oxygen atoms in total. The minimum atomic E-state index is -0.762. The Hall–Kier alpha value is -0.520. The van der Waals surface area contributed by atoms with Gasteiger partial charge in [0.15, 0.2) is 0 Å². The van der Waals surface area contributed by atoms with Crippen LogP contribution >= 0.6 is 23.1 Å². The van der Waals surface area contributed by atoms with Crippen LogP contribution in [0.25, 0.3) is 0 Å². The van der Waals surface area contributed by atoms with Gasteiger partial charge in [0.1, 0.15) is 6.04 Å². The van der Waals surface area contributed by atoms with Crippen molar-refractivity contribution < 1.29 is 9.90 Å². The largest absolute Gasteiger partial charge is 0.480 e. The van der Waals surface area contributed by atoms with Gasteiger partial charge in [-0.05, 0) is 36.0 Å². The molecule has 0 radical (unpaired) electrons. The predicted molar refractivity (Wildman–Crippen MR) is 84.3 cm³/mol. The molecule has 0 aliphatic carbocycles. The van der Waals surface area contributed by atoms with E-state index in [1.54, 1.807) is 23.1 Å². The summed E-state index contributed by atoms with van der Waals surface area (Å²) in [4.78, 5) is 13.7. The van der Waals surface area contributed by atoms with Gasteiger partial charge in [0.2, 0.25) is 0 Å². The molecule has 0 saturated carbocycles. The van der Waals surface area contributed by atoms with E-state index >= 15 is 0 Å². The van der Waals surface area contributed by atoms with Crippen molar-refractivity contribution in [3.8, 4) is 0 Å². The number of nitrogens with one attached hydrogen (secondary N) is 1. The SMILES string of the molecule is CSCC[C@@H](NCc1ccc(C(C)(C)C)s1)C(=O)O. The lowest BCUT2D eigenvalue weighted by atomic mass is 9.95. The molecule has 1 heterocycles. The number of rotatable bonds is 7. The van der Waals surface area contributed by atoms with Crippen molar-refractivity contribution in [2.45, 2.75) is 45.2 Å². The highest BCUT2D eigenvalue weighted by Crippen LogP contribution is 2.29. The average molecular weight is 301 g/mol. The second kappa shape index (κ2) is 7.31. The molecule has 2 N–H and O–H groups in total. The third-order valence-corrected chi connectivity index (χ3v) is 4.99. The predicted octanol–water partition coefficient (Wildman–Crippen LogP) is 3.34. The second-order valence-corrected chi connectivity index (χ2v) is 7.72. The van der Waals surface area contributed by atoms with E-state index in [4.69, 9.17) is 5.11 Å². The summed E-state index contributed by atoms with van der Waals surface area (Å²) in [5, 5.41) is 12.3. The van der Waals surface area contributed by atoms with Gasteiger partial charge in [-0.25, -0.2) is 0 Å². The topological polar surface area (TPSA) is 49.3 Å². The van der Waals surface area contributed by atoms with Crippen molar-refractivity contribution in [2.24, 2.45) is 0 Å². The van der Waals surface area contributed by atoms with Crippen molar-refractivity contribution in [3.63, 3.8) is 0 Å². The fraction of sp³-hybridized carbons (Fsp3) is 0.643. The van der Waals surface area contributed by atoms with Crippen LogP contribution in [0.1, 0.15) is 36.9 Å². The van der Waals surface area contributed by atoms with E-state index in [1.165, 1.54) is 9.75 Å². The molecule has 0 saturated heterocycles. The minimum Gasteiger partial charge on any atom is -0.480 e. The van der Waals surface area contributed by atoms with Crippen LogP contribution in [0.4, 0.5) is 0 Å². The lowest BCUT2D eigenvalue weighted by Gasteiger charge is -2.15. The summed E-state index contributed by atoms with van der Waals surface area (Å²) in [6.45, 7) is 7.20. The molecule has 0 spiro atoms. The highest BCUT2D eigenvalue weighted by atomic mass is 32.2.